The number of benzene rings is 1. The molecule has 3 amide bonds. The Kier molecular flexibility index (Phi) is 12.2. The third-order valence-electron chi connectivity index (χ3n) is 13.7. The van der Waals surface area contributed by atoms with E-state index in [4.69, 9.17) is 9.72 Å². The van der Waals surface area contributed by atoms with Crippen molar-refractivity contribution >= 4 is 45.9 Å². The van der Waals surface area contributed by atoms with E-state index in [0.29, 0.717) is 42.8 Å². The van der Waals surface area contributed by atoms with Gasteiger partial charge in [0.05, 0.1) is 41.2 Å². The van der Waals surface area contributed by atoms with Gasteiger partial charge in [-0.05, 0) is 114 Å². The molecule has 4 aromatic heterocycles. The summed E-state index contributed by atoms with van der Waals surface area (Å²) in [5, 5.41) is 13.7. The monoisotopic (exact) mass is 869 g/mol. The van der Waals surface area contributed by atoms with Gasteiger partial charge in [-0.1, -0.05) is 18.6 Å². The second-order valence-electron chi connectivity index (χ2n) is 18.2. The van der Waals surface area contributed by atoms with Gasteiger partial charge in [0.2, 0.25) is 11.8 Å². The lowest BCUT2D eigenvalue weighted by Crippen LogP contribution is -2.45. The summed E-state index contributed by atoms with van der Waals surface area (Å²) in [6.07, 6.45) is 11.3. The number of amides is 3. The molecule has 5 aromatic rings. The van der Waals surface area contributed by atoms with Crippen molar-refractivity contribution in [3.8, 4) is 0 Å². The number of para-hydroxylation sites is 1. The normalized spacial score (nSPS) is 24.2. The van der Waals surface area contributed by atoms with E-state index in [1.807, 2.05) is 32.0 Å². The number of likely N-dealkylation sites (tertiary alicyclic amines) is 1. The van der Waals surface area contributed by atoms with E-state index in [0.717, 1.165) is 94.0 Å². The number of imidazole rings is 1. The van der Waals surface area contributed by atoms with Gasteiger partial charge in [0.15, 0.2) is 11.3 Å². The Balaban J connectivity index is 0.750. The first kappa shape index (κ1) is 42.8. The van der Waals surface area contributed by atoms with Gasteiger partial charge in [-0.25, -0.2) is 23.1 Å². The van der Waals surface area contributed by atoms with Crippen LogP contribution in [0.25, 0.3) is 16.7 Å². The van der Waals surface area contributed by atoms with Crippen LogP contribution in [0.3, 0.4) is 0 Å². The summed E-state index contributed by atoms with van der Waals surface area (Å²) in [5.41, 5.74) is 2.52. The Morgan fingerprint density at radius 2 is 1.75 bits per heavy atom. The smallest absolute Gasteiger partial charge is 0.329 e. The fourth-order valence-electron chi connectivity index (χ4n) is 10.5. The van der Waals surface area contributed by atoms with E-state index in [1.165, 1.54) is 10.7 Å². The number of halogens is 2. The number of carbonyl (C=O) groups is 3. The number of morpholine rings is 1. The molecular weight excluding hydrogens is 813 g/mol. The molecular formula is C45H57F2N11O5. The number of hydrogen-bond donors (Lipinski definition) is 2. The lowest BCUT2D eigenvalue weighted by molar-refractivity contribution is -0.135. The summed E-state index contributed by atoms with van der Waals surface area (Å²) in [7, 11) is 1.75. The molecule has 1 unspecified atom stereocenters. The number of hydrogen-bond acceptors (Lipinski definition) is 10. The van der Waals surface area contributed by atoms with E-state index < -0.39 is 30.0 Å². The topological polar surface area (TPSA) is 166 Å². The Labute approximate surface area is 363 Å². The van der Waals surface area contributed by atoms with Crippen LogP contribution < -0.4 is 21.2 Å². The predicted molar refractivity (Wildman–Crippen MR) is 232 cm³/mol. The molecule has 9 rings (SSSR count). The second kappa shape index (κ2) is 17.9. The van der Waals surface area contributed by atoms with E-state index in [2.05, 4.69) is 36.7 Å². The van der Waals surface area contributed by atoms with Crippen LogP contribution in [0.15, 0.2) is 47.7 Å². The molecule has 1 aromatic carbocycles. The lowest BCUT2D eigenvalue weighted by atomic mass is 9.84. The summed E-state index contributed by atoms with van der Waals surface area (Å²) in [5.74, 6) is 0.553. The van der Waals surface area contributed by atoms with Gasteiger partial charge in [0.25, 0.3) is 12.3 Å². The minimum atomic E-state index is -2.86. The number of nitrogens with zero attached hydrogens (tertiary/aromatic N) is 9. The Morgan fingerprint density at radius 3 is 2.48 bits per heavy atom. The van der Waals surface area contributed by atoms with Crippen LogP contribution in [0, 0.1) is 11.8 Å². The van der Waals surface area contributed by atoms with E-state index in [1.54, 1.807) is 33.3 Å². The highest BCUT2D eigenvalue weighted by atomic mass is 19.3. The molecule has 0 radical (unpaired) electrons. The van der Waals surface area contributed by atoms with Crippen LogP contribution in [-0.4, -0.2) is 101 Å². The number of fused-ring (bicyclic) bond motifs is 2. The van der Waals surface area contributed by atoms with Gasteiger partial charge >= 0.3 is 5.69 Å². The van der Waals surface area contributed by atoms with Gasteiger partial charge < -0.3 is 19.9 Å². The third-order valence-corrected chi connectivity index (χ3v) is 13.7. The maximum absolute atomic E-state index is 14.3. The average Bonchev–Trinajstić information content (AvgIpc) is 3.96. The van der Waals surface area contributed by atoms with Crippen molar-refractivity contribution in [2.45, 2.75) is 115 Å². The molecule has 4 fully saturated rings. The Morgan fingerprint density at radius 1 is 0.984 bits per heavy atom. The zero-order chi connectivity index (χ0) is 43.9. The fraction of sp³-hybridized carbons (Fsp3) is 0.578. The second-order valence-corrected chi connectivity index (χ2v) is 18.2. The highest BCUT2D eigenvalue weighted by Gasteiger charge is 2.33. The molecule has 18 heteroatoms. The van der Waals surface area contributed by atoms with Gasteiger partial charge in [-0.2, -0.15) is 10.2 Å². The largest absolute Gasteiger partial charge is 0.372 e. The first-order valence-corrected chi connectivity index (χ1v) is 22.6. The van der Waals surface area contributed by atoms with Crippen molar-refractivity contribution in [3.63, 3.8) is 0 Å². The highest BCUT2D eigenvalue weighted by molar-refractivity contribution is 6.08. The van der Waals surface area contributed by atoms with Crippen molar-refractivity contribution < 1.29 is 27.9 Å². The number of aromatic nitrogens is 7. The van der Waals surface area contributed by atoms with Crippen LogP contribution in [0.1, 0.15) is 118 Å². The van der Waals surface area contributed by atoms with Crippen LogP contribution in [0.4, 0.5) is 20.3 Å². The minimum absolute atomic E-state index is 0.00197. The average molecular weight is 870 g/mol. The van der Waals surface area contributed by atoms with Gasteiger partial charge in [0, 0.05) is 45.5 Å². The van der Waals surface area contributed by atoms with Crippen molar-refractivity contribution in [2.24, 2.45) is 18.9 Å². The molecule has 1 saturated carbocycles. The number of anilines is 2. The molecule has 3 aliphatic heterocycles. The number of alkyl halides is 2. The summed E-state index contributed by atoms with van der Waals surface area (Å²) in [6, 6.07) is 7.02. The number of rotatable bonds is 12. The van der Waals surface area contributed by atoms with Crippen molar-refractivity contribution in [3.05, 3.63) is 70.2 Å². The summed E-state index contributed by atoms with van der Waals surface area (Å²) >= 11 is 0. The number of nitrogens with one attached hydrogen (secondary N) is 2. The third kappa shape index (κ3) is 8.88. The number of ether oxygens (including phenoxy) is 1. The molecule has 0 bridgehead atoms. The van der Waals surface area contributed by atoms with Crippen LogP contribution in [0.2, 0.25) is 0 Å². The van der Waals surface area contributed by atoms with Gasteiger partial charge in [0.1, 0.15) is 17.4 Å². The molecule has 63 heavy (non-hydrogen) atoms. The molecule has 3 saturated heterocycles. The molecule has 2 N–H and O–H groups in total. The number of imide groups is 1. The Hall–Kier alpha value is -5.49. The van der Waals surface area contributed by atoms with Gasteiger partial charge in [-0.15, -0.1) is 0 Å². The standard InChI is InChI=1S/C45H57F2N11O5/c1-27-23-55(24-28(2)63-27)37-18-21-56-42(50-37)33(22-48-56)43(60)49-34-26-57(52-39(34)41(46)47)32-12-10-30(11-13-32)25-54-19-16-29(17-20-54)6-4-7-31-8-5-9-35-40(31)53(3)45(62)58(35)36-14-15-38(59)51-44(36)61/h5,8-9,18,21-22,26-30,32,36,41H,4,6-7,10-17,19-20,23-25H2,1-3H3,(H,49,60)(H,51,59,61)/t27-,28-,30-,32-,36?/m1/s1. The predicted octanol–water partition coefficient (Wildman–Crippen LogP) is 5.83. The first-order valence-electron chi connectivity index (χ1n) is 22.6. The fourth-order valence-corrected chi connectivity index (χ4v) is 10.5. The molecule has 3 atom stereocenters. The summed E-state index contributed by atoms with van der Waals surface area (Å²) < 4.78 is 40.8. The minimum Gasteiger partial charge on any atom is -0.372 e. The zero-order valence-corrected chi connectivity index (χ0v) is 36.2. The molecule has 7 heterocycles. The van der Waals surface area contributed by atoms with E-state index in [-0.39, 0.29) is 47.5 Å². The Bertz CT molecular complexity index is 2540. The first-order chi connectivity index (χ1) is 30.4. The van der Waals surface area contributed by atoms with Crippen molar-refractivity contribution in [2.75, 3.05) is 42.9 Å². The number of piperidine rings is 2. The zero-order valence-electron chi connectivity index (χ0n) is 36.2. The van der Waals surface area contributed by atoms with Gasteiger partial charge in [-0.3, -0.25) is 33.5 Å². The maximum Gasteiger partial charge on any atom is 0.329 e. The summed E-state index contributed by atoms with van der Waals surface area (Å²) in [4.78, 5) is 60.7. The van der Waals surface area contributed by atoms with Crippen LogP contribution in [-0.2, 0) is 27.8 Å². The molecule has 1 aliphatic carbocycles. The van der Waals surface area contributed by atoms with Crippen molar-refractivity contribution in [1.82, 2.24) is 43.7 Å². The van der Waals surface area contributed by atoms with Crippen LogP contribution >= 0.6 is 0 Å². The molecule has 16 nitrogen and oxygen atoms in total. The maximum atomic E-state index is 14.3. The lowest BCUT2D eigenvalue weighted by Gasteiger charge is -2.36. The summed E-state index contributed by atoms with van der Waals surface area (Å²) in [6.45, 7) is 8.46. The number of carbonyl (C=O) groups excluding carboxylic acids is 3. The van der Waals surface area contributed by atoms with E-state index >= 15 is 0 Å². The molecule has 336 valence electrons. The quantitative estimate of drug-likeness (QED) is 0.146. The molecule has 4 aliphatic rings. The highest BCUT2D eigenvalue weighted by Crippen LogP contribution is 2.36. The number of aryl methyl sites for hydroxylation is 2. The van der Waals surface area contributed by atoms with E-state index in [9.17, 15) is 28.0 Å². The van der Waals surface area contributed by atoms with Crippen LogP contribution in [0.5, 0.6) is 0 Å². The molecule has 0 spiro atoms. The SMILES string of the molecule is C[C@@H]1CN(c2ccn3ncc(C(=O)Nc4cn([C@H]5CC[C@H](CN6CCC(CCCc7cccc8c7n(C)c(=O)n8C7CCC(=O)NC7=O)CC6)CC5)nc4C(F)F)c3n2)C[C@@H](C)O1. The van der Waals surface area contributed by atoms with Crippen molar-refractivity contribution in [1.29, 1.82) is 0 Å².